The standard InChI is InChI=1S/C5H12N2O3.ClH/c6-4(5(8)9)2-1-3-7-10;/h4,7,10H,1-3,6H2,(H,8,9);1H. The Labute approximate surface area is 70.9 Å². The Kier molecular flexibility index (Phi) is 9.32. The molecule has 0 amide bonds. The molecule has 0 saturated heterocycles. The molecule has 0 radical (unpaired) electrons. The summed E-state index contributed by atoms with van der Waals surface area (Å²) in [5, 5.41) is 16.4. The van der Waals surface area contributed by atoms with E-state index in [0.717, 1.165) is 0 Å². The monoisotopic (exact) mass is 184 g/mol. The third-order valence-corrected chi connectivity index (χ3v) is 1.12. The van der Waals surface area contributed by atoms with Crippen LogP contribution in [-0.4, -0.2) is 28.9 Å². The lowest BCUT2D eigenvalue weighted by Crippen LogP contribution is -2.30. The number of carboxylic acids is 1. The summed E-state index contributed by atoms with van der Waals surface area (Å²) in [5.74, 6) is -1.00. The van der Waals surface area contributed by atoms with Crippen molar-refractivity contribution in [2.24, 2.45) is 5.73 Å². The number of carboxylic acid groups (broad SMARTS) is 1. The molecule has 5 N–H and O–H groups in total. The van der Waals surface area contributed by atoms with Gasteiger partial charge in [-0.3, -0.25) is 4.79 Å². The zero-order valence-corrected chi connectivity index (χ0v) is 6.80. The quantitative estimate of drug-likeness (QED) is 0.344. The number of halogens is 1. The molecule has 1 atom stereocenters. The molecule has 6 heteroatoms. The minimum absolute atomic E-state index is 0. The number of aliphatic carboxylic acids is 1. The molecule has 0 rings (SSSR count). The molecule has 1 unspecified atom stereocenters. The Morgan fingerprint density at radius 3 is 2.55 bits per heavy atom. The summed E-state index contributed by atoms with van der Waals surface area (Å²) >= 11 is 0. The number of carbonyl (C=O) groups is 1. The minimum Gasteiger partial charge on any atom is -0.480 e. The first kappa shape index (κ1) is 13.2. The van der Waals surface area contributed by atoms with Crippen molar-refractivity contribution in [1.29, 1.82) is 0 Å². The van der Waals surface area contributed by atoms with Gasteiger partial charge in [0.2, 0.25) is 0 Å². The highest BCUT2D eigenvalue weighted by Gasteiger charge is 2.09. The van der Waals surface area contributed by atoms with Crippen LogP contribution in [0.3, 0.4) is 0 Å². The molecule has 0 saturated carbocycles. The predicted molar refractivity (Wildman–Crippen MR) is 41.9 cm³/mol. The number of rotatable bonds is 5. The molecule has 68 valence electrons. The third kappa shape index (κ3) is 7.54. The van der Waals surface area contributed by atoms with Gasteiger partial charge < -0.3 is 16.0 Å². The van der Waals surface area contributed by atoms with Crippen LogP contribution in [0.4, 0.5) is 0 Å². The maximum absolute atomic E-state index is 10.1. The van der Waals surface area contributed by atoms with Gasteiger partial charge in [-0.2, -0.15) is 0 Å². The summed E-state index contributed by atoms with van der Waals surface area (Å²) < 4.78 is 0. The summed E-state index contributed by atoms with van der Waals surface area (Å²) in [5.41, 5.74) is 7.06. The van der Waals surface area contributed by atoms with Gasteiger partial charge in [-0.1, -0.05) is 0 Å². The normalized spacial score (nSPS) is 11.8. The van der Waals surface area contributed by atoms with Gasteiger partial charge in [-0.15, -0.1) is 12.4 Å². The molecular formula is C5H13ClN2O3. The Bertz CT molecular complexity index is 112. The molecule has 5 nitrogen and oxygen atoms in total. The zero-order chi connectivity index (χ0) is 7.98. The van der Waals surface area contributed by atoms with Crippen LogP contribution in [0.5, 0.6) is 0 Å². The summed E-state index contributed by atoms with van der Waals surface area (Å²) in [6.45, 7) is 0.376. The highest BCUT2D eigenvalue weighted by atomic mass is 35.5. The van der Waals surface area contributed by atoms with Crippen LogP contribution in [0.15, 0.2) is 0 Å². The molecule has 0 aliphatic heterocycles. The van der Waals surface area contributed by atoms with Crippen molar-refractivity contribution in [3.05, 3.63) is 0 Å². The largest absolute Gasteiger partial charge is 0.480 e. The second kappa shape index (κ2) is 7.74. The lowest BCUT2D eigenvalue weighted by atomic mass is 10.2. The van der Waals surface area contributed by atoms with E-state index in [1.54, 1.807) is 0 Å². The topological polar surface area (TPSA) is 95.6 Å². The van der Waals surface area contributed by atoms with E-state index in [1.165, 1.54) is 0 Å². The molecule has 0 aliphatic rings. The van der Waals surface area contributed by atoms with Gasteiger partial charge in [0.15, 0.2) is 0 Å². The van der Waals surface area contributed by atoms with E-state index in [1.807, 2.05) is 5.48 Å². The van der Waals surface area contributed by atoms with Crippen LogP contribution >= 0.6 is 12.4 Å². The second-order valence-corrected chi connectivity index (χ2v) is 2.00. The van der Waals surface area contributed by atoms with E-state index in [0.29, 0.717) is 19.4 Å². The molecule has 0 aromatic heterocycles. The van der Waals surface area contributed by atoms with Crippen molar-refractivity contribution in [1.82, 2.24) is 5.48 Å². The van der Waals surface area contributed by atoms with Crippen molar-refractivity contribution < 1.29 is 15.1 Å². The minimum atomic E-state index is -1.00. The number of hydrogen-bond donors (Lipinski definition) is 4. The van der Waals surface area contributed by atoms with E-state index >= 15 is 0 Å². The van der Waals surface area contributed by atoms with E-state index in [4.69, 9.17) is 16.0 Å². The van der Waals surface area contributed by atoms with Crippen LogP contribution in [0, 0.1) is 0 Å². The van der Waals surface area contributed by atoms with Crippen LogP contribution in [-0.2, 0) is 4.79 Å². The van der Waals surface area contributed by atoms with Crippen LogP contribution in [0.1, 0.15) is 12.8 Å². The second-order valence-electron chi connectivity index (χ2n) is 2.00. The predicted octanol–water partition coefficient (Wildman–Crippen LogP) is -0.421. The first-order valence-corrected chi connectivity index (χ1v) is 3.04. The average molecular weight is 185 g/mol. The fourth-order valence-electron chi connectivity index (χ4n) is 0.525. The van der Waals surface area contributed by atoms with Crippen molar-refractivity contribution in [3.8, 4) is 0 Å². The van der Waals surface area contributed by atoms with Crippen LogP contribution in [0.2, 0.25) is 0 Å². The highest BCUT2D eigenvalue weighted by molar-refractivity contribution is 5.85. The summed E-state index contributed by atoms with van der Waals surface area (Å²) in [7, 11) is 0. The molecule has 0 bridgehead atoms. The Morgan fingerprint density at radius 1 is 1.64 bits per heavy atom. The van der Waals surface area contributed by atoms with Crippen molar-refractivity contribution in [2.45, 2.75) is 18.9 Å². The smallest absolute Gasteiger partial charge is 0.320 e. The maximum atomic E-state index is 10.1. The van der Waals surface area contributed by atoms with Crippen LogP contribution in [0.25, 0.3) is 0 Å². The lowest BCUT2D eigenvalue weighted by molar-refractivity contribution is -0.138. The number of hydrogen-bond acceptors (Lipinski definition) is 4. The number of nitrogens with one attached hydrogen (secondary N) is 1. The van der Waals surface area contributed by atoms with Gasteiger partial charge >= 0.3 is 5.97 Å². The first-order valence-electron chi connectivity index (χ1n) is 3.04. The van der Waals surface area contributed by atoms with Crippen molar-refractivity contribution in [2.75, 3.05) is 6.54 Å². The van der Waals surface area contributed by atoms with Gasteiger partial charge in [0.05, 0.1) is 0 Å². The number of nitrogens with two attached hydrogens (primary N) is 1. The molecular weight excluding hydrogens is 172 g/mol. The Balaban J connectivity index is 0. The lowest BCUT2D eigenvalue weighted by Gasteiger charge is -2.03. The van der Waals surface area contributed by atoms with Gasteiger partial charge in [0.25, 0.3) is 0 Å². The first-order chi connectivity index (χ1) is 4.68. The van der Waals surface area contributed by atoms with E-state index < -0.39 is 12.0 Å². The maximum Gasteiger partial charge on any atom is 0.320 e. The molecule has 0 aromatic carbocycles. The Hall–Kier alpha value is -0.360. The molecule has 0 aromatic rings. The summed E-state index contributed by atoms with van der Waals surface area (Å²) in [6, 6.07) is -0.812. The highest BCUT2D eigenvalue weighted by Crippen LogP contribution is 1.91. The van der Waals surface area contributed by atoms with Gasteiger partial charge in [0.1, 0.15) is 6.04 Å². The van der Waals surface area contributed by atoms with Crippen molar-refractivity contribution >= 4 is 18.4 Å². The van der Waals surface area contributed by atoms with E-state index in [2.05, 4.69) is 0 Å². The van der Waals surface area contributed by atoms with E-state index in [9.17, 15) is 4.79 Å². The van der Waals surface area contributed by atoms with Gasteiger partial charge in [-0.05, 0) is 12.8 Å². The molecule has 0 aliphatic carbocycles. The molecule has 0 heterocycles. The summed E-state index contributed by atoms with van der Waals surface area (Å²) in [6.07, 6.45) is 0.937. The molecule has 0 fully saturated rings. The Morgan fingerprint density at radius 2 is 2.18 bits per heavy atom. The number of hydroxylamine groups is 1. The van der Waals surface area contributed by atoms with Crippen molar-refractivity contribution in [3.63, 3.8) is 0 Å². The third-order valence-electron chi connectivity index (χ3n) is 1.12. The van der Waals surface area contributed by atoms with Gasteiger partial charge in [-0.25, -0.2) is 5.48 Å². The van der Waals surface area contributed by atoms with E-state index in [-0.39, 0.29) is 12.4 Å². The van der Waals surface area contributed by atoms with Gasteiger partial charge in [0, 0.05) is 6.54 Å². The molecule has 0 spiro atoms. The zero-order valence-electron chi connectivity index (χ0n) is 5.99. The SMILES string of the molecule is Cl.NC(CCCNO)C(=O)O. The fourth-order valence-corrected chi connectivity index (χ4v) is 0.525. The van der Waals surface area contributed by atoms with Crippen LogP contribution < -0.4 is 11.2 Å². The average Bonchev–Trinajstić information content (AvgIpc) is 1.88. The molecule has 11 heavy (non-hydrogen) atoms. The summed E-state index contributed by atoms with van der Waals surface area (Å²) in [4.78, 5) is 10.1. The fraction of sp³-hybridized carbons (Fsp3) is 0.800.